The minimum Gasteiger partial charge on any atom is -0.376 e. The van der Waals surface area contributed by atoms with E-state index in [0.717, 1.165) is 12.1 Å². The van der Waals surface area contributed by atoms with Crippen molar-refractivity contribution in [2.24, 2.45) is 0 Å². The summed E-state index contributed by atoms with van der Waals surface area (Å²) < 4.78 is 10.9. The number of benzene rings is 1. The fourth-order valence-electron chi connectivity index (χ4n) is 2.38. The van der Waals surface area contributed by atoms with Crippen LogP contribution in [0.25, 0.3) is 0 Å². The molecule has 0 aromatic heterocycles. The summed E-state index contributed by atoms with van der Waals surface area (Å²) in [6, 6.07) is 7.93. The van der Waals surface area contributed by atoms with E-state index in [2.05, 4.69) is 24.4 Å². The molecule has 0 unspecified atom stereocenters. The Morgan fingerprint density at radius 3 is 2.73 bits per heavy atom. The third-order valence-electron chi connectivity index (χ3n) is 3.73. The van der Waals surface area contributed by atoms with Crippen LogP contribution in [0.5, 0.6) is 0 Å². The molecule has 1 saturated heterocycles. The van der Waals surface area contributed by atoms with Crippen molar-refractivity contribution in [1.82, 2.24) is 4.90 Å². The highest BCUT2D eigenvalue weighted by atomic mass is 16.6. The van der Waals surface area contributed by atoms with E-state index >= 15 is 0 Å². The van der Waals surface area contributed by atoms with Crippen molar-refractivity contribution in [1.29, 1.82) is 0 Å². The van der Waals surface area contributed by atoms with Crippen LogP contribution < -0.4 is 5.32 Å². The summed E-state index contributed by atoms with van der Waals surface area (Å²) in [4.78, 5) is 13.8. The number of amides is 2. The predicted molar refractivity (Wildman–Crippen MR) is 87.3 cm³/mol. The van der Waals surface area contributed by atoms with E-state index in [4.69, 9.17) is 9.47 Å². The number of anilines is 1. The van der Waals surface area contributed by atoms with Gasteiger partial charge in [-0.3, -0.25) is 0 Å². The van der Waals surface area contributed by atoms with Gasteiger partial charge in [0, 0.05) is 12.7 Å². The zero-order valence-corrected chi connectivity index (χ0v) is 13.5. The van der Waals surface area contributed by atoms with Gasteiger partial charge in [0.15, 0.2) is 0 Å². The van der Waals surface area contributed by atoms with Gasteiger partial charge in [-0.25, -0.2) is 4.79 Å². The molecule has 122 valence electrons. The summed E-state index contributed by atoms with van der Waals surface area (Å²) in [5.74, 6) is 0. The lowest BCUT2D eigenvalue weighted by Gasteiger charge is -2.27. The number of rotatable bonds is 6. The molecule has 1 aliphatic rings. The van der Waals surface area contributed by atoms with Gasteiger partial charge in [0.25, 0.3) is 0 Å². The molecule has 0 spiro atoms. The average Bonchev–Trinajstić information content (AvgIpc) is 2.55. The van der Waals surface area contributed by atoms with Crippen molar-refractivity contribution >= 4 is 11.7 Å². The second-order valence-electron chi connectivity index (χ2n) is 5.68. The summed E-state index contributed by atoms with van der Waals surface area (Å²) in [5, 5.41) is 2.91. The van der Waals surface area contributed by atoms with Gasteiger partial charge in [0.1, 0.15) is 0 Å². The summed E-state index contributed by atoms with van der Waals surface area (Å²) in [5.41, 5.74) is 2.12. The Morgan fingerprint density at radius 1 is 1.32 bits per heavy atom. The quantitative estimate of drug-likeness (QED) is 0.879. The van der Waals surface area contributed by atoms with E-state index in [0.29, 0.717) is 26.4 Å². The van der Waals surface area contributed by atoms with E-state index < -0.39 is 0 Å². The van der Waals surface area contributed by atoms with Crippen LogP contribution >= 0.6 is 0 Å². The van der Waals surface area contributed by atoms with Gasteiger partial charge in [-0.15, -0.1) is 0 Å². The van der Waals surface area contributed by atoms with Crippen molar-refractivity contribution in [3.05, 3.63) is 29.8 Å². The third kappa shape index (κ3) is 5.31. The molecule has 0 saturated carbocycles. The lowest BCUT2D eigenvalue weighted by Crippen LogP contribution is -2.42. The summed E-state index contributed by atoms with van der Waals surface area (Å²) in [6.45, 7) is 4.49. The van der Waals surface area contributed by atoms with Gasteiger partial charge in [-0.2, -0.15) is 0 Å². The molecule has 1 aromatic rings. The highest BCUT2D eigenvalue weighted by Gasteiger charge is 2.19. The molecule has 1 aliphatic heterocycles. The smallest absolute Gasteiger partial charge is 0.321 e. The standard InChI is InChI=1S/C17H26N2O3/c1-3-4-5-14-6-8-15(9-7-14)18-17(20)19(2)12-16-13-21-10-11-22-16/h6-9,16H,3-5,10-13H2,1-2H3,(H,18,20)/t16-/m0/s1. The first kappa shape index (κ1) is 16.8. The molecule has 5 nitrogen and oxygen atoms in total. The largest absolute Gasteiger partial charge is 0.376 e. The highest BCUT2D eigenvalue weighted by molar-refractivity contribution is 5.89. The number of urea groups is 1. The molecule has 0 bridgehead atoms. The van der Waals surface area contributed by atoms with Gasteiger partial charge in [0.05, 0.1) is 32.5 Å². The van der Waals surface area contributed by atoms with Crippen molar-refractivity contribution < 1.29 is 14.3 Å². The molecule has 1 fully saturated rings. The second-order valence-corrected chi connectivity index (χ2v) is 5.68. The number of aryl methyl sites for hydroxylation is 1. The van der Waals surface area contributed by atoms with E-state index in [9.17, 15) is 4.79 Å². The zero-order chi connectivity index (χ0) is 15.8. The molecule has 2 rings (SSSR count). The Hall–Kier alpha value is -1.59. The van der Waals surface area contributed by atoms with Gasteiger partial charge in [-0.05, 0) is 30.5 Å². The van der Waals surface area contributed by atoms with Crippen molar-refractivity contribution in [3.63, 3.8) is 0 Å². The molecule has 1 N–H and O–H groups in total. The van der Waals surface area contributed by atoms with Crippen LogP contribution in [-0.4, -0.2) is 50.4 Å². The van der Waals surface area contributed by atoms with E-state index in [1.165, 1.54) is 18.4 Å². The van der Waals surface area contributed by atoms with Crippen molar-refractivity contribution in [3.8, 4) is 0 Å². The number of hydrogen-bond donors (Lipinski definition) is 1. The second kappa shape index (κ2) is 8.76. The van der Waals surface area contributed by atoms with Crippen LogP contribution in [0, 0.1) is 0 Å². The van der Waals surface area contributed by atoms with E-state index in [1.807, 2.05) is 12.1 Å². The van der Waals surface area contributed by atoms with Crippen LogP contribution in [0.3, 0.4) is 0 Å². The molecule has 5 heteroatoms. The first-order valence-corrected chi connectivity index (χ1v) is 7.99. The summed E-state index contributed by atoms with van der Waals surface area (Å²) in [7, 11) is 1.77. The Kier molecular flexibility index (Phi) is 6.68. The number of hydrogen-bond acceptors (Lipinski definition) is 3. The number of nitrogens with one attached hydrogen (secondary N) is 1. The highest BCUT2D eigenvalue weighted by Crippen LogP contribution is 2.12. The van der Waals surface area contributed by atoms with E-state index in [-0.39, 0.29) is 12.1 Å². The average molecular weight is 306 g/mol. The molecule has 2 amide bonds. The van der Waals surface area contributed by atoms with Crippen LogP contribution in [-0.2, 0) is 15.9 Å². The van der Waals surface area contributed by atoms with Crippen LogP contribution in [0.1, 0.15) is 25.3 Å². The minimum atomic E-state index is -0.129. The Balaban J connectivity index is 1.79. The van der Waals surface area contributed by atoms with E-state index in [1.54, 1.807) is 11.9 Å². The fraction of sp³-hybridized carbons (Fsp3) is 0.588. The monoisotopic (exact) mass is 306 g/mol. The van der Waals surface area contributed by atoms with Gasteiger partial charge < -0.3 is 19.7 Å². The summed E-state index contributed by atoms with van der Waals surface area (Å²) in [6.07, 6.45) is 3.43. The number of ether oxygens (including phenoxy) is 2. The molecule has 0 radical (unpaired) electrons. The first-order chi connectivity index (χ1) is 10.7. The van der Waals surface area contributed by atoms with Crippen LogP contribution in [0.15, 0.2) is 24.3 Å². The van der Waals surface area contributed by atoms with Gasteiger partial charge in [-0.1, -0.05) is 25.5 Å². The van der Waals surface area contributed by atoms with Crippen LogP contribution in [0.2, 0.25) is 0 Å². The molecular weight excluding hydrogens is 280 g/mol. The topological polar surface area (TPSA) is 50.8 Å². The molecule has 1 atom stereocenters. The normalized spacial score (nSPS) is 18.0. The third-order valence-corrected chi connectivity index (χ3v) is 3.73. The lowest BCUT2D eigenvalue weighted by molar-refractivity contribution is -0.0925. The molecule has 1 heterocycles. The fourth-order valence-corrected chi connectivity index (χ4v) is 2.38. The maximum atomic E-state index is 12.2. The lowest BCUT2D eigenvalue weighted by atomic mass is 10.1. The minimum absolute atomic E-state index is 0.0408. The molecular formula is C17H26N2O3. The Bertz CT molecular complexity index is 455. The van der Waals surface area contributed by atoms with Gasteiger partial charge >= 0.3 is 6.03 Å². The first-order valence-electron chi connectivity index (χ1n) is 7.99. The van der Waals surface area contributed by atoms with Crippen LogP contribution in [0.4, 0.5) is 10.5 Å². The maximum Gasteiger partial charge on any atom is 0.321 e. The Labute approximate surface area is 132 Å². The van der Waals surface area contributed by atoms with Gasteiger partial charge in [0.2, 0.25) is 0 Å². The SMILES string of the molecule is CCCCc1ccc(NC(=O)N(C)C[C@H]2COCCO2)cc1. The zero-order valence-electron chi connectivity index (χ0n) is 13.5. The predicted octanol–water partition coefficient (Wildman–Crippen LogP) is 2.91. The number of nitrogens with zero attached hydrogens (tertiary/aromatic N) is 1. The molecule has 22 heavy (non-hydrogen) atoms. The number of carbonyl (C=O) groups is 1. The van der Waals surface area contributed by atoms with Crippen molar-refractivity contribution in [2.75, 3.05) is 38.7 Å². The molecule has 1 aromatic carbocycles. The Morgan fingerprint density at radius 2 is 2.09 bits per heavy atom. The number of carbonyl (C=O) groups excluding carboxylic acids is 1. The summed E-state index contributed by atoms with van der Waals surface area (Å²) >= 11 is 0. The molecule has 0 aliphatic carbocycles. The number of likely N-dealkylation sites (N-methyl/N-ethyl adjacent to an activating group) is 1. The number of unbranched alkanes of at least 4 members (excludes halogenated alkanes) is 1. The van der Waals surface area contributed by atoms with Crippen molar-refractivity contribution in [2.45, 2.75) is 32.3 Å². The maximum absolute atomic E-state index is 12.2.